The van der Waals surface area contributed by atoms with Gasteiger partial charge in [0.25, 0.3) is 0 Å². The van der Waals surface area contributed by atoms with E-state index in [2.05, 4.69) is 5.32 Å². The maximum atomic E-state index is 12.8. The molecule has 21 heavy (non-hydrogen) atoms. The van der Waals surface area contributed by atoms with Gasteiger partial charge in [-0.2, -0.15) is 0 Å². The van der Waals surface area contributed by atoms with Crippen LogP contribution in [0, 0.1) is 23.2 Å². The molecule has 4 aliphatic rings. The number of unbranched alkanes of at least 4 members (excludes halogenated alkanes) is 1. The Morgan fingerprint density at radius 2 is 1.67 bits per heavy atom. The topological polar surface area (TPSA) is 66.4 Å². The third-order valence-corrected chi connectivity index (χ3v) is 5.97. The fourth-order valence-corrected chi connectivity index (χ4v) is 5.37. The molecule has 4 heteroatoms. The van der Waals surface area contributed by atoms with E-state index in [-0.39, 0.29) is 11.3 Å². The predicted molar refractivity (Wildman–Crippen MR) is 79.7 cm³/mol. The summed E-state index contributed by atoms with van der Waals surface area (Å²) < 4.78 is 0. The third kappa shape index (κ3) is 2.82. The number of aliphatic carboxylic acids is 1. The van der Waals surface area contributed by atoms with Gasteiger partial charge in [-0.05, 0) is 62.7 Å². The Kier molecular flexibility index (Phi) is 3.98. The second-order valence-corrected chi connectivity index (χ2v) is 7.70. The van der Waals surface area contributed by atoms with Gasteiger partial charge in [-0.1, -0.05) is 19.8 Å². The number of hydrogen-bond donors (Lipinski definition) is 2. The van der Waals surface area contributed by atoms with Gasteiger partial charge in [-0.15, -0.1) is 0 Å². The standard InChI is InChI=1S/C17H27NO3/c1-2-3-4-14(15(19)20)18-16(21)17-8-11-5-12(9-17)7-13(6-11)10-17/h11-14H,2-10H2,1H3,(H,18,21)(H,19,20)/t11?,12?,13?,14-,17?/m1/s1. The normalized spacial score (nSPS) is 38.2. The van der Waals surface area contributed by atoms with E-state index in [0.29, 0.717) is 24.2 Å². The number of carbonyl (C=O) groups is 2. The van der Waals surface area contributed by atoms with Crippen LogP contribution in [0.2, 0.25) is 0 Å². The molecule has 118 valence electrons. The molecule has 0 aromatic rings. The van der Waals surface area contributed by atoms with Crippen molar-refractivity contribution in [2.24, 2.45) is 23.2 Å². The summed E-state index contributed by atoms with van der Waals surface area (Å²) in [4.78, 5) is 24.2. The zero-order valence-corrected chi connectivity index (χ0v) is 12.9. The Balaban J connectivity index is 1.68. The van der Waals surface area contributed by atoms with Crippen molar-refractivity contribution in [1.82, 2.24) is 5.32 Å². The molecule has 4 rings (SSSR count). The highest BCUT2D eigenvalue weighted by Gasteiger charge is 2.54. The molecule has 4 aliphatic carbocycles. The minimum atomic E-state index is -0.887. The minimum Gasteiger partial charge on any atom is -0.480 e. The molecule has 0 aromatic heterocycles. The molecule has 0 radical (unpaired) electrons. The number of nitrogens with one attached hydrogen (secondary N) is 1. The lowest BCUT2D eigenvalue weighted by atomic mass is 9.49. The van der Waals surface area contributed by atoms with Crippen molar-refractivity contribution < 1.29 is 14.7 Å². The van der Waals surface area contributed by atoms with Gasteiger partial charge in [0.05, 0.1) is 0 Å². The van der Waals surface area contributed by atoms with E-state index < -0.39 is 12.0 Å². The van der Waals surface area contributed by atoms with Crippen LogP contribution in [0.4, 0.5) is 0 Å². The molecule has 0 saturated heterocycles. The quantitative estimate of drug-likeness (QED) is 0.791. The van der Waals surface area contributed by atoms with Gasteiger partial charge in [0.15, 0.2) is 0 Å². The third-order valence-electron chi connectivity index (χ3n) is 5.97. The van der Waals surface area contributed by atoms with Crippen molar-refractivity contribution in [2.75, 3.05) is 0 Å². The minimum absolute atomic E-state index is 0.0325. The summed E-state index contributed by atoms with van der Waals surface area (Å²) in [5.74, 6) is 1.27. The van der Waals surface area contributed by atoms with E-state index >= 15 is 0 Å². The Bertz CT molecular complexity index is 396. The first-order valence-corrected chi connectivity index (χ1v) is 8.56. The maximum Gasteiger partial charge on any atom is 0.326 e. The summed E-state index contributed by atoms with van der Waals surface area (Å²) in [6.45, 7) is 2.04. The first-order valence-electron chi connectivity index (χ1n) is 8.56. The van der Waals surface area contributed by atoms with Crippen LogP contribution in [0.3, 0.4) is 0 Å². The van der Waals surface area contributed by atoms with Gasteiger partial charge in [-0.3, -0.25) is 4.79 Å². The summed E-state index contributed by atoms with van der Waals surface area (Å²) in [7, 11) is 0. The summed E-state index contributed by atoms with van der Waals surface area (Å²) in [6, 6.07) is -0.703. The number of carbonyl (C=O) groups excluding carboxylic acids is 1. The van der Waals surface area contributed by atoms with Gasteiger partial charge in [0.2, 0.25) is 5.91 Å². The summed E-state index contributed by atoms with van der Waals surface area (Å²) >= 11 is 0. The number of amides is 1. The van der Waals surface area contributed by atoms with E-state index in [9.17, 15) is 14.7 Å². The SMILES string of the molecule is CCCC[C@@H](NC(=O)C12CC3CC(CC(C3)C1)C2)C(=O)O. The van der Waals surface area contributed by atoms with Crippen LogP contribution in [-0.2, 0) is 9.59 Å². The highest BCUT2D eigenvalue weighted by Crippen LogP contribution is 2.60. The summed E-state index contributed by atoms with van der Waals surface area (Å²) in [5, 5.41) is 12.2. The highest BCUT2D eigenvalue weighted by molar-refractivity contribution is 5.87. The first kappa shape index (κ1) is 14.9. The number of rotatable bonds is 6. The Morgan fingerprint density at radius 3 is 2.10 bits per heavy atom. The van der Waals surface area contributed by atoms with Crippen LogP contribution < -0.4 is 5.32 Å². The molecule has 0 aromatic carbocycles. The second-order valence-electron chi connectivity index (χ2n) is 7.70. The highest BCUT2D eigenvalue weighted by atomic mass is 16.4. The van der Waals surface area contributed by atoms with Gasteiger partial charge in [0, 0.05) is 5.41 Å². The Morgan fingerprint density at radius 1 is 1.14 bits per heavy atom. The monoisotopic (exact) mass is 293 g/mol. The molecule has 0 unspecified atom stereocenters. The molecule has 4 fully saturated rings. The lowest BCUT2D eigenvalue weighted by molar-refractivity contribution is -0.151. The summed E-state index contributed by atoms with van der Waals surface area (Å²) in [6.07, 6.45) is 9.21. The first-order chi connectivity index (χ1) is 10.0. The van der Waals surface area contributed by atoms with Crippen LogP contribution in [0.25, 0.3) is 0 Å². The van der Waals surface area contributed by atoms with E-state index in [1.165, 1.54) is 19.3 Å². The lowest BCUT2D eigenvalue weighted by Crippen LogP contribution is -2.56. The van der Waals surface area contributed by atoms with Crippen molar-refractivity contribution >= 4 is 11.9 Å². The lowest BCUT2D eigenvalue weighted by Gasteiger charge is -2.55. The van der Waals surface area contributed by atoms with Gasteiger partial charge in [-0.25, -0.2) is 4.79 Å². The number of hydrogen-bond acceptors (Lipinski definition) is 2. The molecule has 4 nitrogen and oxygen atoms in total. The fourth-order valence-electron chi connectivity index (χ4n) is 5.37. The molecule has 2 N–H and O–H groups in total. The summed E-state index contributed by atoms with van der Waals surface area (Å²) in [5.41, 5.74) is -0.241. The molecule has 1 atom stereocenters. The molecule has 1 amide bonds. The van der Waals surface area contributed by atoms with Gasteiger partial charge in [0.1, 0.15) is 6.04 Å². The zero-order valence-electron chi connectivity index (χ0n) is 12.9. The van der Waals surface area contributed by atoms with Gasteiger partial charge >= 0.3 is 5.97 Å². The maximum absolute atomic E-state index is 12.8. The molecule has 0 aliphatic heterocycles. The molecular weight excluding hydrogens is 266 g/mol. The van der Waals surface area contributed by atoms with E-state index in [0.717, 1.165) is 32.1 Å². The van der Waals surface area contributed by atoms with Crippen molar-refractivity contribution in [3.63, 3.8) is 0 Å². The van der Waals surface area contributed by atoms with Gasteiger partial charge < -0.3 is 10.4 Å². The Hall–Kier alpha value is -1.06. The van der Waals surface area contributed by atoms with Crippen molar-refractivity contribution in [3.05, 3.63) is 0 Å². The smallest absolute Gasteiger partial charge is 0.326 e. The van der Waals surface area contributed by atoms with Crippen LogP contribution in [0.15, 0.2) is 0 Å². The van der Waals surface area contributed by atoms with Crippen molar-refractivity contribution in [3.8, 4) is 0 Å². The molecule has 0 heterocycles. The van der Waals surface area contributed by atoms with Crippen molar-refractivity contribution in [1.29, 1.82) is 0 Å². The second kappa shape index (κ2) is 5.62. The number of carboxylic acid groups (broad SMARTS) is 1. The average Bonchev–Trinajstić information content (AvgIpc) is 2.41. The Labute approximate surface area is 126 Å². The van der Waals surface area contributed by atoms with Crippen molar-refractivity contribution in [2.45, 2.75) is 70.8 Å². The largest absolute Gasteiger partial charge is 0.480 e. The zero-order chi connectivity index (χ0) is 15.0. The average molecular weight is 293 g/mol. The van der Waals surface area contributed by atoms with Crippen LogP contribution in [-0.4, -0.2) is 23.0 Å². The van der Waals surface area contributed by atoms with E-state index in [1.54, 1.807) is 0 Å². The van der Waals surface area contributed by atoms with E-state index in [4.69, 9.17) is 0 Å². The van der Waals surface area contributed by atoms with Crippen LogP contribution in [0.1, 0.15) is 64.7 Å². The molecule has 4 saturated carbocycles. The van der Waals surface area contributed by atoms with E-state index in [1.807, 2.05) is 6.92 Å². The molecule has 0 spiro atoms. The molecule has 4 bridgehead atoms. The molecular formula is C17H27NO3. The fraction of sp³-hybridized carbons (Fsp3) is 0.882. The number of carboxylic acids is 1. The predicted octanol–water partition coefficient (Wildman–Crippen LogP) is 2.96. The van der Waals surface area contributed by atoms with Crippen LogP contribution >= 0.6 is 0 Å². The van der Waals surface area contributed by atoms with Crippen LogP contribution in [0.5, 0.6) is 0 Å².